The van der Waals surface area contributed by atoms with E-state index in [1.807, 2.05) is 0 Å². The van der Waals surface area contributed by atoms with Crippen LogP contribution in [-0.4, -0.2) is 23.2 Å². The summed E-state index contributed by atoms with van der Waals surface area (Å²) in [5.41, 5.74) is 2.21. The molecule has 4 nitrogen and oxygen atoms in total. The smallest absolute Gasteiger partial charge is 0.232 e. The van der Waals surface area contributed by atoms with E-state index in [4.69, 9.17) is 4.52 Å². The van der Waals surface area contributed by atoms with Crippen molar-refractivity contribution in [2.45, 2.75) is 39.0 Å². The average Bonchev–Trinajstić information content (AvgIpc) is 3.08. The molecule has 1 saturated heterocycles. The molecule has 0 aromatic carbocycles. The molecule has 2 aromatic rings. The van der Waals surface area contributed by atoms with Gasteiger partial charge in [-0.25, -0.2) is 0 Å². The highest BCUT2D eigenvalue weighted by atomic mass is 32.1. The van der Waals surface area contributed by atoms with Crippen molar-refractivity contribution in [2.24, 2.45) is 5.92 Å². The first-order valence-corrected chi connectivity index (χ1v) is 8.11. The molecule has 1 unspecified atom stereocenters. The summed E-state index contributed by atoms with van der Waals surface area (Å²) < 4.78 is 5.58. The fraction of sp³-hybridized carbons (Fsp3) is 0.600. The minimum Gasteiger partial charge on any atom is -0.338 e. The standard InChI is InChI=1S/C15H21N3OS/c1-10-8-20-9-12(10)13-17-14(19-18-13)15(2,3)11-5-4-6-16-7-11/h8-9,11,16H,4-7H2,1-3H3. The van der Waals surface area contributed by atoms with E-state index in [-0.39, 0.29) is 5.41 Å². The van der Waals surface area contributed by atoms with E-state index in [2.05, 4.69) is 47.0 Å². The Morgan fingerprint density at radius 3 is 2.90 bits per heavy atom. The number of piperidine rings is 1. The molecule has 0 spiro atoms. The van der Waals surface area contributed by atoms with Crippen molar-refractivity contribution >= 4 is 11.3 Å². The largest absolute Gasteiger partial charge is 0.338 e. The molecule has 5 heteroatoms. The maximum atomic E-state index is 5.58. The van der Waals surface area contributed by atoms with Gasteiger partial charge in [0.25, 0.3) is 0 Å². The van der Waals surface area contributed by atoms with Crippen molar-refractivity contribution in [1.82, 2.24) is 15.5 Å². The van der Waals surface area contributed by atoms with Gasteiger partial charge in [-0.1, -0.05) is 19.0 Å². The van der Waals surface area contributed by atoms with Gasteiger partial charge in [-0.05, 0) is 49.7 Å². The Bertz CT molecular complexity index is 581. The van der Waals surface area contributed by atoms with Crippen LogP contribution in [0.5, 0.6) is 0 Å². The zero-order valence-electron chi connectivity index (χ0n) is 12.3. The van der Waals surface area contributed by atoms with Crippen molar-refractivity contribution in [1.29, 1.82) is 0 Å². The van der Waals surface area contributed by atoms with Gasteiger partial charge in [-0.3, -0.25) is 0 Å². The molecule has 0 bridgehead atoms. The lowest BCUT2D eigenvalue weighted by Crippen LogP contribution is -2.40. The molecule has 3 heterocycles. The molecule has 1 N–H and O–H groups in total. The molecule has 0 aliphatic carbocycles. The van der Waals surface area contributed by atoms with Gasteiger partial charge in [-0.2, -0.15) is 16.3 Å². The van der Waals surface area contributed by atoms with Crippen LogP contribution >= 0.6 is 11.3 Å². The Hall–Kier alpha value is -1.20. The summed E-state index contributed by atoms with van der Waals surface area (Å²) in [6.45, 7) is 8.65. The van der Waals surface area contributed by atoms with E-state index in [0.717, 1.165) is 30.4 Å². The Morgan fingerprint density at radius 2 is 2.25 bits per heavy atom. The molecule has 108 valence electrons. The van der Waals surface area contributed by atoms with Gasteiger partial charge in [0.2, 0.25) is 11.7 Å². The Kier molecular flexibility index (Phi) is 3.65. The van der Waals surface area contributed by atoms with Crippen molar-refractivity contribution in [3.63, 3.8) is 0 Å². The number of aryl methyl sites for hydroxylation is 1. The van der Waals surface area contributed by atoms with Crippen LogP contribution in [0.2, 0.25) is 0 Å². The minimum absolute atomic E-state index is 0.0808. The number of thiophene rings is 1. The third kappa shape index (κ3) is 2.40. The third-order valence-electron chi connectivity index (χ3n) is 4.39. The SMILES string of the molecule is Cc1cscc1-c1noc(C(C)(C)C2CCCNC2)n1. The molecule has 3 rings (SSSR count). The maximum Gasteiger partial charge on any atom is 0.232 e. The Labute approximate surface area is 123 Å². The topological polar surface area (TPSA) is 51.0 Å². The van der Waals surface area contributed by atoms with E-state index in [1.54, 1.807) is 11.3 Å². The highest BCUT2D eigenvalue weighted by Crippen LogP contribution is 2.36. The second-order valence-electron chi connectivity index (χ2n) is 6.16. The average molecular weight is 291 g/mol. The third-order valence-corrected chi connectivity index (χ3v) is 5.25. The van der Waals surface area contributed by atoms with Gasteiger partial charge < -0.3 is 9.84 Å². The predicted molar refractivity (Wildman–Crippen MR) is 81.0 cm³/mol. The minimum atomic E-state index is -0.0808. The van der Waals surface area contributed by atoms with Gasteiger partial charge >= 0.3 is 0 Å². The second kappa shape index (κ2) is 5.30. The van der Waals surface area contributed by atoms with E-state index in [1.165, 1.54) is 18.4 Å². The molecular formula is C15H21N3OS. The van der Waals surface area contributed by atoms with Crippen molar-refractivity contribution in [3.8, 4) is 11.4 Å². The normalized spacial score (nSPS) is 20.2. The summed E-state index contributed by atoms with van der Waals surface area (Å²) in [6.07, 6.45) is 2.44. The molecular weight excluding hydrogens is 270 g/mol. The number of rotatable bonds is 3. The van der Waals surface area contributed by atoms with E-state index in [0.29, 0.717) is 5.92 Å². The second-order valence-corrected chi connectivity index (χ2v) is 6.90. The Morgan fingerprint density at radius 1 is 1.40 bits per heavy atom. The molecule has 1 fully saturated rings. The van der Waals surface area contributed by atoms with Gasteiger partial charge in [0, 0.05) is 16.4 Å². The molecule has 1 atom stereocenters. The predicted octanol–water partition coefficient (Wildman–Crippen LogP) is 3.38. The summed E-state index contributed by atoms with van der Waals surface area (Å²) in [4.78, 5) is 4.66. The first kappa shape index (κ1) is 13.8. The number of aromatic nitrogens is 2. The van der Waals surface area contributed by atoms with Crippen LogP contribution in [0.1, 0.15) is 38.1 Å². The molecule has 20 heavy (non-hydrogen) atoms. The van der Waals surface area contributed by atoms with Gasteiger partial charge in [0.05, 0.1) is 0 Å². The lowest BCUT2D eigenvalue weighted by Gasteiger charge is -2.34. The fourth-order valence-corrected chi connectivity index (χ4v) is 3.65. The number of nitrogens with zero attached hydrogens (tertiary/aromatic N) is 2. The summed E-state index contributed by atoms with van der Waals surface area (Å²) in [5, 5.41) is 11.8. The van der Waals surface area contributed by atoms with Gasteiger partial charge in [0.15, 0.2) is 0 Å². The van der Waals surface area contributed by atoms with Crippen LogP contribution in [-0.2, 0) is 5.41 Å². The number of hydrogen-bond acceptors (Lipinski definition) is 5. The van der Waals surface area contributed by atoms with Crippen molar-refractivity contribution < 1.29 is 4.52 Å². The number of nitrogens with one attached hydrogen (secondary N) is 1. The molecule has 0 saturated carbocycles. The first-order valence-electron chi connectivity index (χ1n) is 7.17. The van der Waals surface area contributed by atoms with Crippen LogP contribution in [0.4, 0.5) is 0 Å². The molecule has 1 aliphatic heterocycles. The highest BCUT2D eigenvalue weighted by Gasteiger charge is 2.37. The number of hydrogen-bond donors (Lipinski definition) is 1. The molecule has 2 aromatic heterocycles. The lowest BCUT2D eigenvalue weighted by atomic mass is 9.75. The first-order chi connectivity index (χ1) is 9.59. The van der Waals surface area contributed by atoms with Gasteiger partial charge in [-0.15, -0.1) is 0 Å². The molecule has 1 aliphatic rings. The van der Waals surface area contributed by atoms with Crippen LogP contribution in [0.15, 0.2) is 15.3 Å². The van der Waals surface area contributed by atoms with Crippen LogP contribution < -0.4 is 5.32 Å². The van der Waals surface area contributed by atoms with Crippen molar-refractivity contribution in [2.75, 3.05) is 13.1 Å². The zero-order valence-corrected chi connectivity index (χ0v) is 13.1. The zero-order chi connectivity index (χ0) is 14.2. The van der Waals surface area contributed by atoms with Crippen LogP contribution in [0.3, 0.4) is 0 Å². The summed E-state index contributed by atoms with van der Waals surface area (Å²) >= 11 is 1.67. The monoisotopic (exact) mass is 291 g/mol. The van der Waals surface area contributed by atoms with Crippen LogP contribution in [0, 0.1) is 12.8 Å². The summed E-state index contributed by atoms with van der Waals surface area (Å²) in [5.74, 6) is 2.02. The van der Waals surface area contributed by atoms with E-state index in [9.17, 15) is 0 Å². The molecule has 0 radical (unpaired) electrons. The lowest BCUT2D eigenvalue weighted by molar-refractivity contribution is 0.196. The molecule has 0 amide bonds. The van der Waals surface area contributed by atoms with E-state index >= 15 is 0 Å². The Balaban J connectivity index is 1.87. The summed E-state index contributed by atoms with van der Waals surface area (Å²) in [6, 6.07) is 0. The van der Waals surface area contributed by atoms with Crippen LogP contribution in [0.25, 0.3) is 11.4 Å². The quantitative estimate of drug-likeness (QED) is 0.942. The summed E-state index contributed by atoms with van der Waals surface area (Å²) in [7, 11) is 0. The van der Waals surface area contributed by atoms with E-state index < -0.39 is 0 Å². The highest BCUT2D eigenvalue weighted by molar-refractivity contribution is 7.08. The maximum absolute atomic E-state index is 5.58. The van der Waals surface area contributed by atoms with Crippen molar-refractivity contribution in [3.05, 3.63) is 22.2 Å². The fourth-order valence-electron chi connectivity index (χ4n) is 2.83. The van der Waals surface area contributed by atoms with Gasteiger partial charge in [0.1, 0.15) is 0 Å².